The molecule has 0 aliphatic heterocycles. The van der Waals surface area contributed by atoms with Crippen molar-refractivity contribution >= 4 is 21.6 Å². The van der Waals surface area contributed by atoms with Gasteiger partial charge in [0.25, 0.3) is 0 Å². The van der Waals surface area contributed by atoms with Gasteiger partial charge < -0.3 is 0 Å². The van der Waals surface area contributed by atoms with E-state index in [4.69, 9.17) is 11.6 Å². The molecule has 0 heterocycles. The minimum Gasteiger partial charge on any atom is -0.212 e. The molecule has 1 aromatic carbocycles. The van der Waals surface area contributed by atoms with Crippen LogP contribution < -0.4 is 4.72 Å². The third-order valence-corrected chi connectivity index (χ3v) is 4.12. The Bertz CT molecular complexity index is 443. The van der Waals surface area contributed by atoms with Crippen molar-refractivity contribution in [3.05, 3.63) is 35.9 Å². The van der Waals surface area contributed by atoms with Crippen LogP contribution in [0.15, 0.2) is 30.3 Å². The second kappa shape index (κ2) is 5.85. The van der Waals surface area contributed by atoms with Gasteiger partial charge in [-0.25, -0.2) is 13.1 Å². The topological polar surface area (TPSA) is 46.2 Å². The van der Waals surface area contributed by atoms with Crippen molar-refractivity contribution in [3.63, 3.8) is 0 Å². The Morgan fingerprint density at radius 3 is 2.35 bits per heavy atom. The predicted octanol–water partition coefficient (Wildman–Crippen LogP) is 2.51. The number of hydrogen-bond donors (Lipinski definition) is 1. The molecule has 0 atom stereocenters. The molecular formula is C12H18ClNO2S. The molecule has 0 saturated carbocycles. The van der Waals surface area contributed by atoms with Gasteiger partial charge in [0.05, 0.1) is 5.75 Å². The summed E-state index contributed by atoms with van der Waals surface area (Å²) < 4.78 is 26.5. The largest absolute Gasteiger partial charge is 0.216 e. The van der Waals surface area contributed by atoms with E-state index in [-0.39, 0.29) is 5.75 Å². The molecular weight excluding hydrogens is 258 g/mol. The lowest BCUT2D eigenvalue weighted by molar-refractivity contribution is 0.441. The highest BCUT2D eigenvalue weighted by atomic mass is 35.5. The van der Waals surface area contributed by atoms with Gasteiger partial charge in [-0.15, -0.1) is 11.6 Å². The van der Waals surface area contributed by atoms with E-state index in [1.807, 2.05) is 32.0 Å². The molecule has 0 aliphatic carbocycles. The monoisotopic (exact) mass is 275 g/mol. The molecule has 0 unspecified atom stereocenters. The molecule has 0 spiro atoms. The van der Waals surface area contributed by atoms with Gasteiger partial charge in [0.15, 0.2) is 0 Å². The Morgan fingerprint density at radius 2 is 1.82 bits per heavy atom. The van der Waals surface area contributed by atoms with Crippen molar-refractivity contribution in [3.8, 4) is 0 Å². The van der Waals surface area contributed by atoms with Crippen LogP contribution >= 0.6 is 11.6 Å². The van der Waals surface area contributed by atoms with Crippen molar-refractivity contribution in [1.82, 2.24) is 4.72 Å². The van der Waals surface area contributed by atoms with Crippen LogP contribution in [-0.4, -0.2) is 19.8 Å². The van der Waals surface area contributed by atoms with Crippen molar-refractivity contribution in [2.75, 3.05) is 5.88 Å². The highest BCUT2D eigenvalue weighted by molar-refractivity contribution is 7.88. The average molecular weight is 276 g/mol. The number of benzene rings is 1. The second-order valence-corrected chi connectivity index (χ2v) is 6.77. The van der Waals surface area contributed by atoms with Crippen LogP contribution in [0.2, 0.25) is 0 Å². The summed E-state index contributed by atoms with van der Waals surface area (Å²) >= 11 is 5.64. The van der Waals surface area contributed by atoms with E-state index in [0.29, 0.717) is 12.3 Å². The fourth-order valence-electron chi connectivity index (χ4n) is 1.54. The standard InChI is InChI=1S/C12H18ClNO2S/c1-12(2,8-9-13)14-17(15,16)10-11-6-4-3-5-7-11/h3-7,14H,8-10H2,1-2H3. The fourth-order valence-corrected chi connectivity index (χ4v) is 3.66. The predicted molar refractivity (Wildman–Crippen MR) is 71.6 cm³/mol. The van der Waals surface area contributed by atoms with Crippen molar-refractivity contribution in [1.29, 1.82) is 0 Å². The lowest BCUT2D eigenvalue weighted by Gasteiger charge is -2.24. The lowest BCUT2D eigenvalue weighted by Crippen LogP contribution is -2.44. The van der Waals surface area contributed by atoms with Crippen LogP contribution in [0.5, 0.6) is 0 Å². The van der Waals surface area contributed by atoms with E-state index >= 15 is 0 Å². The number of halogens is 1. The third-order valence-electron chi connectivity index (χ3n) is 2.35. The first-order valence-electron chi connectivity index (χ1n) is 5.46. The molecule has 0 aliphatic rings. The molecule has 17 heavy (non-hydrogen) atoms. The molecule has 5 heteroatoms. The first-order chi connectivity index (χ1) is 7.85. The van der Waals surface area contributed by atoms with Crippen molar-refractivity contribution < 1.29 is 8.42 Å². The first-order valence-corrected chi connectivity index (χ1v) is 7.65. The van der Waals surface area contributed by atoms with Crippen molar-refractivity contribution in [2.24, 2.45) is 0 Å². The summed E-state index contributed by atoms with van der Waals surface area (Å²) in [6.07, 6.45) is 0.600. The first kappa shape index (κ1) is 14.5. The number of rotatable bonds is 6. The molecule has 1 N–H and O–H groups in total. The SMILES string of the molecule is CC(C)(CCCl)NS(=O)(=O)Cc1ccccc1. The summed E-state index contributed by atoms with van der Waals surface area (Å²) in [5.74, 6) is 0.431. The molecule has 1 rings (SSSR count). The molecule has 0 fully saturated rings. The zero-order valence-corrected chi connectivity index (χ0v) is 11.7. The molecule has 3 nitrogen and oxygen atoms in total. The summed E-state index contributed by atoms with van der Waals surface area (Å²) in [6.45, 7) is 3.66. The lowest BCUT2D eigenvalue weighted by atomic mass is 10.0. The van der Waals surface area contributed by atoms with Crippen LogP contribution in [0.1, 0.15) is 25.8 Å². The maximum absolute atomic E-state index is 11.9. The molecule has 0 amide bonds. The van der Waals surface area contributed by atoms with Crippen LogP contribution in [0.4, 0.5) is 0 Å². The zero-order chi connectivity index (χ0) is 12.9. The second-order valence-electron chi connectivity index (χ2n) is 4.67. The minimum atomic E-state index is -3.32. The molecule has 0 aromatic heterocycles. The Kier molecular flexibility index (Phi) is 4.98. The Hall–Kier alpha value is -0.580. The van der Waals surface area contributed by atoms with Gasteiger partial charge >= 0.3 is 0 Å². The quantitative estimate of drug-likeness (QED) is 0.811. The molecule has 0 radical (unpaired) electrons. The van der Waals surface area contributed by atoms with Gasteiger partial charge in [0.1, 0.15) is 0 Å². The molecule has 96 valence electrons. The smallest absolute Gasteiger partial charge is 0.212 e. The van der Waals surface area contributed by atoms with Gasteiger partial charge in [-0.2, -0.15) is 0 Å². The number of alkyl halides is 1. The van der Waals surface area contributed by atoms with Gasteiger partial charge in [-0.05, 0) is 25.8 Å². The van der Waals surface area contributed by atoms with Gasteiger partial charge in [-0.1, -0.05) is 30.3 Å². The van der Waals surface area contributed by atoms with E-state index in [2.05, 4.69) is 4.72 Å². The maximum Gasteiger partial charge on any atom is 0.216 e. The Morgan fingerprint density at radius 1 is 1.24 bits per heavy atom. The molecule has 0 bridgehead atoms. The summed E-state index contributed by atoms with van der Waals surface area (Å²) in [7, 11) is -3.32. The average Bonchev–Trinajstić information content (AvgIpc) is 2.15. The highest BCUT2D eigenvalue weighted by Gasteiger charge is 2.24. The summed E-state index contributed by atoms with van der Waals surface area (Å²) in [5, 5.41) is 0. The zero-order valence-electron chi connectivity index (χ0n) is 10.1. The Balaban J connectivity index is 2.70. The fraction of sp³-hybridized carbons (Fsp3) is 0.500. The van der Waals surface area contributed by atoms with E-state index < -0.39 is 15.6 Å². The number of nitrogens with one attached hydrogen (secondary N) is 1. The van der Waals surface area contributed by atoms with E-state index in [0.717, 1.165) is 5.56 Å². The normalized spacial score (nSPS) is 12.6. The van der Waals surface area contributed by atoms with E-state index in [1.54, 1.807) is 12.1 Å². The highest BCUT2D eigenvalue weighted by Crippen LogP contribution is 2.13. The third kappa shape index (κ3) is 5.52. The van der Waals surface area contributed by atoms with E-state index in [1.165, 1.54) is 0 Å². The minimum absolute atomic E-state index is 0.000441. The number of hydrogen-bond acceptors (Lipinski definition) is 2. The van der Waals surface area contributed by atoms with Gasteiger partial charge in [0.2, 0.25) is 10.0 Å². The van der Waals surface area contributed by atoms with Crippen molar-refractivity contribution in [2.45, 2.75) is 31.6 Å². The van der Waals surface area contributed by atoms with Crippen LogP contribution in [0.25, 0.3) is 0 Å². The van der Waals surface area contributed by atoms with E-state index in [9.17, 15) is 8.42 Å². The van der Waals surface area contributed by atoms with Crippen LogP contribution in [-0.2, 0) is 15.8 Å². The molecule has 0 saturated heterocycles. The van der Waals surface area contributed by atoms with Gasteiger partial charge in [-0.3, -0.25) is 0 Å². The molecule has 1 aromatic rings. The van der Waals surface area contributed by atoms with Crippen LogP contribution in [0, 0.1) is 0 Å². The summed E-state index contributed by atoms with van der Waals surface area (Å²) in [6, 6.07) is 9.12. The Labute approximate surface area is 108 Å². The van der Waals surface area contributed by atoms with Crippen LogP contribution in [0.3, 0.4) is 0 Å². The van der Waals surface area contributed by atoms with Gasteiger partial charge in [0, 0.05) is 11.4 Å². The maximum atomic E-state index is 11.9. The number of sulfonamides is 1. The summed E-state index contributed by atoms with van der Waals surface area (Å²) in [5.41, 5.74) is 0.275. The summed E-state index contributed by atoms with van der Waals surface area (Å²) in [4.78, 5) is 0.